The number of rotatable bonds is 1. The maximum atomic E-state index is 12.9. The van der Waals surface area contributed by atoms with Crippen LogP contribution in [0.3, 0.4) is 0 Å². The quantitative estimate of drug-likeness (QED) is 0.793. The monoisotopic (exact) mass is 278 g/mol. The molecule has 1 saturated carbocycles. The highest BCUT2D eigenvalue weighted by Gasteiger charge is 2.42. The van der Waals surface area contributed by atoms with Crippen LogP contribution in [0.4, 0.5) is 13.2 Å². The van der Waals surface area contributed by atoms with E-state index < -0.39 is 12.1 Å². The highest BCUT2D eigenvalue weighted by atomic mass is 19.4. The van der Waals surface area contributed by atoms with Crippen LogP contribution in [0.2, 0.25) is 0 Å². The molecule has 0 aromatic heterocycles. The first kappa shape index (κ1) is 15.1. The van der Waals surface area contributed by atoms with Gasteiger partial charge in [0.15, 0.2) is 0 Å². The van der Waals surface area contributed by atoms with Crippen molar-refractivity contribution >= 4 is 0 Å². The molecule has 1 heterocycles. The van der Waals surface area contributed by atoms with Gasteiger partial charge in [0.2, 0.25) is 0 Å². The van der Waals surface area contributed by atoms with E-state index in [1.54, 1.807) is 0 Å². The Morgan fingerprint density at radius 2 is 2.00 bits per heavy atom. The Morgan fingerprint density at radius 3 is 2.63 bits per heavy atom. The van der Waals surface area contributed by atoms with Crippen molar-refractivity contribution in [1.82, 2.24) is 10.2 Å². The maximum Gasteiger partial charge on any atom is 0.394 e. The van der Waals surface area contributed by atoms with E-state index in [2.05, 4.69) is 24.1 Å². The minimum absolute atomic E-state index is 0.0656. The fourth-order valence-corrected chi connectivity index (χ4v) is 3.46. The highest BCUT2D eigenvalue weighted by Crippen LogP contribution is 2.38. The minimum Gasteiger partial charge on any atom is -0.315 e. The zero-order valence-corrected chi connectivity index (χ0v) is 11.9. The summed E-state index contributed by atoms with van der Waals surface area (Å²) in [5, 5.41) is 2.93. The van der Waals surface area contributed by atoms with Crippen molar-refractivity contribution in [3.8, 4) is 0 Å². The van der Waals surface area contributed by atoms with Gasteiger partial charge in [-0.2, -0.15) is 13.2 Å². The van der Waals surface area contributed by atoms with Gasteiger partial charge < -0.3 is 5.32 Å². The average Bonchev–Trinajstić information content (AvgIpc) is 2.52. The predicted molar refractivity (Wildman–Crippen MR) is 70.0 cm³/mol. The predicted octanol–water partition coefficient (Wildman–Crippen LogP) is 3.04. The van der Waals surface area contributed by atoms with Crippen LogP contribution in [0.5, 0.6) is 0 Å². The van der Waals surface area contributed by atoms with E-state index in [0.29, 0.717) is 12.6 Å². The van der Waals surface area contributed by atoms with E-state index in [9.17, 15) is 13.2 Å². The van der Waals surface area contributed by atoms with Crippen LogP contribution in [0, 0.1) is 11.3 Å². The molecule has 1 aliphatic carbocycles. The van der Waals surface area contributed by atoms with Crippen LogP contribution in [0.25, 0.3) is 0 Å². The summed E-state index contributed by atoms with van der Waals surface area (Å²) in [4.78, 5) is 2.08. The lowest BCUT2D eigenvalue weighted by Crippen LogP contribution is -2.46. The van der Waals surface area contributed by atoms with Gasteiger partial charge in [-0.05, 0) is 24.7 Å². The molecule has 1 aliphatic heterocycles. The van der Waals surface area contributed by atoms with Gasteiger partial charge in [0.1, 0.15) is 0 Å². The fourth-order valence-electron chi connectivity index (χ4n) is 3.46. The van der Waals surface area contributed by atoms with Gasteiger partial charge >= 0.3 is 6.18 Å². The topological polar surface area (TPSA) is 15.3 Å². The summed E-state index contributed by atoms with van der Waals surface area (Å²) in [6.45, 7) is 6.11. The van der Waals surface area contributed by atoms with Crippen LogP contribution in [-0.2, 0) is 0 Å². The van der Waals surface area contributed by atoms with Gasteiger partial charge in [0.05, 0.1) is 5.92 Å². The van der Waals surface area contributed by atoms with Crippen molar-refractivity contribution in [2.24, 2.45) is 11.3 Å². The lowest BCUT2D eigenvalue weighted by Gasteiger charge is -2.41. The normalized spacial score (nSPS) is 33.9. The van der Waals surface area contributed by atoms with Crippen molar-refractivity contribution in [1.29, 1.82) is 0 Å². The molecule has 0 aromatic rings. The second-order valence-corrected chi connectivity index (χ2v) is 6.85. The molecule has 2 nitrogen and oxygen atoms in total. The summed E-state index contributed by atoms with van der Waals surface area (Å²) in [5.74, 6) is -1.22. The summed E-state index contributed by atoms with van der Waals surface area (Å²) < 4.78 is 38.8. The molecule has 0 amide bonds. The van der Waals surface area contributed by atoms with Gasteiger partial charge in [-0.15, -0.1) is 0 Å². The molecule has 0 spiro atoms. The molecular weight excluding hydrogens is 253 g/mol. The zero-order chi connectivity index (χ0) is 14.1. The van der Waals surface area contributed by atoms with E-state index in [0.717, 1.165) is 25.8 Å². The standard InChI is InChI=1S/C14H25F3N2/c1-13(2)5-3-4-12(8-13)19-7-6-18-9-11(10-19)14(15,16)17/h11-12,18H,3-10H2,1-2H3. The Hall–Kier alpha value is -0.290. The van der Waals surface area contributed by atoms with Gasteiger partial charge in [-0.3, -0.25) is 4.90 Å². The molecule has 0 radical (unpaired) electrons. The van der Waals surface area contributed by atoms with Crippen LogP contribution < -0.4 is 5.32 Å². The van der Waals surface area contributed by atoms with Gasteiger partial charge in [0.25, 0.3) is 0 Å². The van der Waals surface area contributed by atoms with Crippen LogP contribution in [-0.4, -0.2) is 43.3 Å². The smallest absolute Gasteiger partial charge is 0.315 e. The Morgan fingerprint density at radius 1 is 1.26 bits per heavy atom. The first-order valence-corrected chi connectivity index (χ1v) is 7.29. The molecule has 2 unspecified atom stereocenters. The second-order valence-electron chi connectivity index (χ2n) is 6.85. The molecule has 0 bridgehead atoms. The van der Waals surface area contributed by atoms with Gasteiger partial charge in [-0.25, -0.2) is 0 Å². The van der Waals surface area contributed by atoms with Crippen molar-refractivity contribution in [2.75, 3.05) is 26.2 Å². The molecule has 112 valence electrons. The lowest BCUT2D eigenvalue weighted by molar-refractivity contribution is -0.177. The number of alkyl halides is 3. The van der Waals surface area contributed by atoms with Gasteiger partial charge in [0, 0.05) is 32.2 Å². The van der Waals surface area contributed by atoms with Crippen molar-refractivity contribution in [3.05, 3.63) is 0 Å². The van der Waals surface area contributed by atoms with Crippen molar-refractivity contribution in [2.45, 2.75) is 51.7 Å². The van der Waals surface area contributed by atoms with E-state index in [1.807, 2.05) is 0 Å². The van der Waals surface area contributed by atoms with Crippen molar-refractivity contribution < 1.29 is 13.2 Å². The molecule has 2 atom stereocenters. The summed E-state index contributed by atoms with van der Waals surface area (Å²) in [7, 11) is 0. The fraction of sp³-hybridized carbons (Fsp3) is 1.00. The SMILES string of the molecule is CC1(C)CCCC(N2CCNCC(C(F)(F)F)C2)C1. The molecular formula is C14H25F3N2. The summed E-state index contributed by atoms with van der Waals surface area (Å²) in [6, 6.07) is 0.327. The Balaban J connectivity index is 2.02. The summed E-state index contributed by atoms with van der Waals surface area (Å²) >= 11 is 0. The lowest BCUT2D eigenvalue weighted by atomic mass is 9.74. The second kappa shape index (κ2) is 5.60. The van der Waals surface area contributed by atoms with Crippen LogP contribution in [0.15, 0.2) is 0 Å². The van der Waals surface area contributed by atoms with E-state index in [-0.39, 0.29) is 18.5 Å². The number of nitrogens with zero attached hydrogens (tertiary/aromatic N) is 1. The summed E-state index contributed by atoms with van der Waals surface area (Å²) in [5.41, 5.74) is 0.274. The minimum atomic E-state index is -4.08. The summed E-state index contributed by atoms with van der Waals surface area (Å²) in [6.07, 6.45) is 0.321. The molecule has 1 N–H and O–H groups in total. The maximum absolute atomic E-state index is 12.9. The molecule has 5 heteroatoms. The van der Waals surface area contributed by atoms with E-state index >= 15 is 0 Å². The Bertz CT molecular complexity index is 302. The number of hydrogen-bond acceptors (Lipinski definition) is 2. The third-order valence-electron chi connectivity index (χ3n) is 4.58. The number of nitrogens with one attached hydrogen (secondary N) is 1. The number of hydrogen-bond donors (Lipinski definition) is 1. The largest absolute Gasteiger partial charge is 0.394 e. The van der Waals surface area contributed by atoms with Gasteiger partial charge in [-0.1, -0.05) is 20.3 Å². The molecule has 2 rings (SSSR count). The molecule has 0 aromatic carbocycles. The molecule has 1 saturated heterocycles. The van der Waals surface area contributed by atoms with E-state index in [4.69, 9.17) is 0 Å². The third kappa shape index (κ3) is 4.09. The zero-order valence-electron chi connectivity index (χ0n) is 11.9. The molecule has 2 aliphatic rings. The first-order valence-electron chi connectivity index (χ1n) is 7.29. The Kier molecular flexibility index (Phi) is 4.45. The van der Waals surface area contributed by atoms with Crippen LogP contribution in [0.1, 0.15) is 39.5 Å². The van der Waals surface area contributed by atoms with Crippen LogP contribution >= 0.6 is 0 Å². The average molecular weight is 278 g/mol. The van der Waals surface area contributed by atoms with E-state index in [1.165, 1.54) is 6.42 Å². The highest BCUT2D eigenvalue weighted by molar-refractivity contribution is 4.88. The molecule has 2 fully saturated rings. The Labute approximate surface area is 113 Å². The number of halogens is 3. The molecule has 19 heavy (non-hydrogen) atoms. The van der Waals surface area contributed by atoms with Crippen molar-refractivity contribution in [3.63, 3.8) is 0 Å². The third-order valence-corrected chi connectivity index (χ3v) is 4.58. The first-order chi connectivity index (χ1) is 8.78.